The molecule has 11 nitrogen and oxygen atoms in total. The lowest BCUT2D eigenvalue weighted by Gasteiger charge is -2.46. The van der Waals surface area contributed by atoms with E-state index in [9.17, 15) is 13.2 Å². The van der Waals surface area contributed by atoms with E-state index >= 15 is 8.78 Å². The fraction of sp³-hybridized carbons (Fsp3) is 0.444. The van der Waals surface area contributed by atoms with Crippen molar-refractivity contribution in [1.82, 2.24) is 19.9 Å². The van der Waals surface area contributed by atoms with Crippen molar-refractivity contribution >= 4 is 43.4 Å². The second kappa shape index (κ2) is 13.3. The number of ether oxygens (including phenoxy) is 3. The number of rotatable bonds is 7. The lowest BCUT2D eigenvalue weighted by Crippen LogP contribution is -2.60. The van der Waals surface area contributed by atoms with Crippen molar-refractivity contribution in [2.24, 2.45) is 0 Å². The molecule has 264 valence electrons. The summed E-state index contributed by atoms with van der Waals surface area (Å²) in [6, 6.07) is 5.25. The zero-order chi connectivity index (χ0) is 36.1. The van der Waals surface area contributed by atoms with E-state index in [-0.39, 0.29) is 70.1 Å². The summed E-state index contributed by atoms with van der Waals surface area (Å²) in [6.07, 6.45) is 6.69. The fourth-order valence-electron chi connectivity index (χ4n) is 6.65. The van der Waals surface area contributed by atoms with Gasteiger partial charge in [0.25, 0.3) is 0 Å². The molecule has 2 atom stereocenters. The highest BCUT2D eigenvalue weighted by Gasteiger charge is 2.41. The van der Waals surface area contributed by atoms with Crippen LogP contribution in [0.2, 0.25) is 0 Å². The molecule has 1 saturated heterocycles. The van der Waals surface area contributed by atoms with Crippen molar-refractivity contribution in [3.05, 3.63) is 47.2 Å². The average Bonchev–Trinajstić information content (AvgIpc) is 3.23. The van der Waals surface area contributed by atoms with Gasteiger partial charge in [-0.05, 0) is 63.6 Å². The Kier molecular flexibility index (Phi) is 9.34. The summed E-state index contributed by atoms with van der Waals surface area (Å²) in [7, 11) is -2.56. The number of benzene rings is 2. The molecule has 6 rings (SSSR count). The number of carbonyl (C=O) groups is 1. The second-order valence-corrected chi connectivity index (χ2v) is 15.6. The van der Waals surface area contributed by atoms with Crippen molar-refractivity contribution in [3.63, 3.8) is 0 Å². The summed E-state index contributed by atoms with van der Waals surface area (Å²) in [4.78, 5) is 30.8. The van der Waals surface area contributed by atoms with Gasteiger partial charge in [0.1, 0.15) is 34.2 Å². The number of piperazine rings is 1. The van der Waals surface area contributed by atoms with Gasteiger partial charge < -0.3 is 24.0 Å². The molecule has 2 aromatic carbocycles. The Morgan fingerprint density at radius 3 is 2.52 bits per heavy atom. The Labute approximate surface area is 289 Å². The molecule has 0 N–H and O–H groups in total. The minimum absolute atomic E-state index is 0.0921. The van der Waals surface area contributed by atoms with Crippen LogP contribution in [0.3, 0.4) is 0 Å². The molecule has 4 aromatic rings. The third-order valence-corrected chi connectivity index (χ3v) is 10.5. The molecule has 1 amide bonds. The maximum Gasteiger partial charge on any atom is 0.410 e. The van der Waals surface area contributed by atoms with Gasteiger partial charge >= 0.3 is 6.09 Å². The van der Waals surface area contributed by atoms with Crippen LogP contribution < -0.4 is 9.64 Å². The quantitative estimate of drug-likeness (QED) is 0.128. The van der Waals surface area contributed by atoms with Gasteiger partial charge in [-0.25, -0.2) is 36.9 Å². The van der Waals surface area contributed by atoms with Crippen molar-refractivity contribution < 1.29 is 36.2 Å². The minimum atomic E-state index is -4.02. The largest absolute Gasteiger partial charge is 0.468 e. The van der Waals surface area contributed by atoms with Crippen LogP contribution in [-0.2, 0) is 25.7 Å². The number of amides is 1. The highest BCUT2D eigenvalue weighted by atomic mass is 32.2. The number of hydrogen-bond acceptors (Lipinski definition) is 10. The van der Waals surface area contributed by atoms with Crippen LogP contribution >= 0.6 is 0 Å². The predicted molar refractivity (Wildman–Crippen MR) is 185 cm³/mol. The Balaban J connectivity index is 1.61. The summed E-state index contributed by atoms with van der Waals surface area (Å²) >= 11 is 0. The SMILES string of the molecule is C#Cc1c(F)ccc2cc(OCOC)cc(-c3nc4c5c(nc(S(=O)(=O)CC)nc5c3F)N3C[C@@H](CC)N(C(=O)OC(C)(C)C)CC3CC4)c12. The van der Waals surface area contributed by atoms with Crippen LogP contribution in [-0.4, -0.2) is 84.8 Å². The van der Waals surface area contributed by atoms with Gasteiger partial charge in [0, 0.05) is 37.2 Å². The minimum Gasteiger partial charge on any atom is -0.468 e. The molecule has 0 bridgehead atoms. The molecule has 14 heteroatoms. The van der Waals surface area contributed by atoms with Crippen LogP contribution in [0.4, 0.5) is 19.4 Å². The first-order valence-electron chi connectivity index (χ1n) is 16.4. The Morgan fingerprint density at radius 1 is 1.10 bits per heavy atom. The van der Waals surface area contributed by atoms with E-state index in [0.717, 1.165) is 0 Å². The monoisotopic (exact) mass is 707 g/mol. The molecule has 0 aliphatic carbocycles. The average molecular weight is 708 g/mol. The van der Waals surface area contributed by atoms with Gasteiger partial charge in [-0.1, -0.05) is 25.8 Å². The third kappa shape index (κ3) is 6.28. The Hall–Kier alpha value is -4.61. The number of terminal acetylenes is 1. The highest BCUT2D eigenvalue weighted by molar-refractivity contribution is 7.91. The zero-order valence-electron chi connectivity index (χ0n) is 28.8. The molecular formula is C36H39F2N5O6S. The van der Waals surface area contributed by atoms with Crippen molar-refractivity contribution in [3.8, 4) is 29.4 Å². The molecule has 2 aliphatic rings. The van der Waals surface area contributed by atoms with E-state index in [1.165, 1.54) is 32.2 Å². The van der Waals surface area contributed by atoms with Gasteiger partial charge in [0.05, 0.1) is 28.4 Å². The number of nitrogens with zero attached hydrogens (tertiary/aromatic N) is 5. The Bertz CT molecular complexity index is 2170. The molecule has 2 aliphatic heterocycles. The molecule has 0 spiro atoms. The van der Waals surface area contributed by atoms with E-state index in [2.05, 4.69) is 15.9 Å². The number of methoxy groups -OCH3 is 1. The molecule has 50 heavy (non-hydrogen) atoms. The zero-order valence-corrected chi connectivity index (χ0v) is 29.7. The van der Waals surface area contributed by atoms with Crippen molar-refractivity contribution in [1.29, 1.82) is 0 Å². The number of halogens is 2. The topological polar surface area (TPSA) is 124 Å². The maximum atomic E-state index is 17.2. The number of aromatic nitrogens is 3. The van der Waals surface area contributed by atoms with Gasteiger partial charge in [-0.2, -0.15) is 0 Å². The number of pyridine rings is 1. The van der Waals surface area contributed by atoms with Gasteiger partial charge in [0.2, 0.25) is 15.0 Å². The van der Waals surface area contributed by atoms with Crippen LogP contribution in [0.25, 0.3) is 32.9 Å². The van der Waals surface area contributed by atoms with E-state index in [0.29, 0.717) is 42.6 Å². The normalized spacial score (nSPS) is 17.7. The number of sulfone groups is 1. The van der Waals surface area contributed by atoms with Gasteiger partial charge in [0.15, 0.2) is 12.6 Å². The lowest BCUT2D eigenvalue weighted by molar-refractivity contribution is 0.00971. The number of carbonyl (C=O) groups excluding carboxylic acids is 1. The molecule has 0 saturated carbocycles. The van der Waals surface area contributed by atoms with Crippen molar-refractivity contribution in [2.45, 2.75) is 76.7 Å². The Morgan fingerprint density at radius 2 is 1.86 bits per heavy atom. The standard InChI is InChI=1S/C36H39F2N5O6S/c1-8-21-17-42-22(18-43(21)35(44)49-36(4,5)6)12-14-27-29-32(40-34(41-33(29)42)50(45,46)10-3)30(38)31(39-27)25-16-23(48-19-47-7)15-20-11-13-26(37)24(9-2)28(20)25/h2,11,13,15-16,21-22H,8,10,12,14,17-19H2,1,3-7H3/t21-,22?/m1/s1. The molecule has 1 fully saturated rings. The highest BCUT2D eigenvalue weighted by Crippen LogP contribution is 2.42. The number of hydrogen-bond donors (Lipinski definition) is 0. The number of anilines is 1. The first-order valence-corrected chi connectivity index (χ1v) is 18.1. The number of fused-ring (bicyclic) bond motifs is 3. The van der Waals surface area contributed by atoms with E-state index in [1.807, 2.05) is 11.8 Å². The van der Waals surface area contributed by atoms with E-state index in [1.54, 1.807) is 31.7 Å². The molecule has 0 radical (unpaired) electrons. The summed E-state index contributed by atoms with van der Waals surface area (Å²) in [5.41, 5.74) is -0.668. The lowest BCUT2D eigenvalue weighted by atomic mass is 9.95. The summed E-state index contributed by atoms with van der Waals surface area (Å²) in [5.74, 6) is 1.00. The van der Waals surface area contributed by atoms with E-state index < -0.39 is 38.3 Å². The predicted octanol–water partition coefficient (Wildman–Crippen LogP) is 6.03. The van der Waals surface area contributed by atoms with Crippen molar-refractivity contribution in [2.75, 3.05) is 37.6 Å². The van der Waals surface area contributed by atoms with E-state index in [4.69, 9.17) is 25.6 Å². The van der Waals surface area contributed by atoms with Crippen LogP contribution in [0.5, 0.6) is 5.75 Å². The van der Waals surface area contributed by atoms with Crippen LogP contribution in [0.15, 0.2) is 29.4 Å². The molecule has 4 heterocycles. The smallest absolute Gasteiger partial charge is 0.410 e. The summed E-state index contributed by atoms with van der Waals surface area (Å²) in [5, 5.41) is 0.461. The third-order valence-electron chi connectivity index (χ3n) is 9.04. The fourth-order valence-corrected chi connectivity index (χ4v) is 7.36. The van der Waals surface area contributed by atoms with Crippen LogP contribution in [0, 0.1) is 24.0 Å². The summed E-state index contributed by atoms with van der Waals surface area (Å²) in [6.45, 7) is 9.28. The maximum absolute atomic E-state index is 17.2. The van der Waals surface area contributed by atoms with Crippen LogP contribution in [0.1, 0.15) is 58.7 Å². The van der Waals surface area contributed by atoms with Gasteiger partial charge in [-0.15, -0.1) is 6.42 Å². The first kappa shape index (κ1) is 35.2. The second-order valence-electron chi connectivity index (χ2n) is 13.4. The first-order chi connectivity index (χ1) is 23.7. The number of aryl methyl sites for hydroxylation is 1. The molecule has 1 unspecified atom stereocenters. The van der Waals surface area contributed by atoms with Gasteiger partial charge in [-0.3, -0.25) is 0 Å². The summed E-state index contributed by atoms with van der Waals surface area (Å²) < 4.78 is 75.5. The molecule has 2 aromatic heterocycles. The molecular weight excluding hydrogens is 668 g/mol.